The first-order valence-corrected chi connectivity index (χ1v) is 5.16. The fourth-order valence-electron chi connectivity index (χ4n) is 0.501. The molecule has 0 atom stereocenters. The average Bonchev–Trinajstić information content (AvgIpc) is 1.79. The summed E-state index contributed by atoms with van der Waals surface area (Å²) in [5.74, 6) is -0.967. The normalized spacial score (nSPS) is 11.1. The zero-order valence-corrected chi connectivity index (χ0v) is 7.15. The van der Waals surface area contributed by atoms with Crippen molar-refractivity contribution in [2.45, 2.75) is 0 Å². The van der Waals surface area contributed by atoms with Crippen LogP contribution in [0.4, 0.5) is 0 Å². The number of carbonyl (C=O) groups is 1. The van der Waals surface area contributed by atoms with Crippen molar-refractivity contribution in [3.8, 4) is 0 Å². The first-order chi connectivity index (χ1) is 4.95. The highest BCUT2D eigenvalue weighted by Gasteiger charge is 2.08. The SMILES string of the molecule is CS(=O)(=O)CC(=O)NCCN. The van der Waals surface area contributed by atoms with E-state index < -0.39 is 21.5 Å². The van der Waals surface area contributed by atoms with Gasteiger partial charge in [0.25, 0.3) is 0 Å². The van der Waals surface area contributed by atoms with Gasteiger partial charge >= 0.3 is 0 Å². The molecule has 0 aliphatic carbocycles. The van der Waals surface area contributed by atoms with Crippen molar-refractivity contribution in [3.05, 3.63) is 0 Å². The highest BCUT2D eigenvalue weighted by molar-refractivity contribution is 7.91. The molecule has 0 aliphatic rings. The fraction of sp³-hybridized carbons (Fsp3) is 0.800. The van der Waals surface area contributed by atoms with Crippen LogP contribution in [0.3, 0.4) is 0 Å². The number of hydrogen-bond acceptors (Lipinski definition) is 4. The molecule has 11 heavy (non-hydrogen) atoms. The predicted octanol–water partition coefficient (Wildman–Crippen LogP) is -1.89. The summed E-state index contributed by atoms with van der Waals surface area (Å²) >= 11 is 0. The lowest BCUT2D eigenvalue weighted by Crippen LogP contribution is -2.33. The molecule has 0 aromatic heterocycles. The molecule has 0 unspecified atom stereocenters. The van der Waals surface area contributed by atoms with E-state index in [-0.39, 0.29) is 0 Å². The molecule has 0 saturated carbocycles. The van der Waals surface area contributed by atoms with Gasteiger partial charge in [0.05, 0.1) is 0 Å². The van der Waals surface area contributed by atoms with Crippen LogP contribution < -0.4 is 11.1 Å². The van der Waals surface area contributed by atoms with Crippen LogP contribution in [0.1, 0.15) is 0 Å². The number of carbonyl (C=O) groups excluding carboxylic acids is 1. The van der Waals surface area contributed by atoms with Crippen molar-refractivity contribution < 1.29 is 13.2 Å². The monoisotopic (exact) mass is 180 g/mol. The molecule has 0 saturated heterocycles. The fourth-order valence-corrected chi connectivity index (χ4v) is 1.08. The zero-order chi connectivity index (χ0) is 8.91. The molecular formula is C5H12N2O3S. The molecule has 0 rings (SSSR count). The van der Waals surface area contributed by atoms with Gasteiger partial charge in [-0.25, -0.2) is 8.42 Å². The summed E-state index contributed by atoms with van der Waals surface area (Å²) in [6.07, 6.45) is 1.01. The summed E-state index contributed by atoms with van der Waals surface area (Å²) in [6.45, 7) is 0.629. The molecule has 0 aromatic carbocycles. The smallest absolute Gasteiger partial charge is 0.235 e. The van der Waals surface area contributed by atoms with Crippen molar-refractivity contribution >= 4 is 15.7 Å². The van der Waals surface area contributed by atoms with Crippen molar-refractivity contribution in [2.75, 3.05) is 25.1 Å². The molecule has 0 aliphatic heterocycles. The standard InChI is InChI=1S/C5H12N2O3S/c1-11(9,10)4-5(8)7-3-2-6/h2-4,6H2,1H3,(H,7,8). The minimum atomic E-state index is -3.21. The molecule has 0 spiro atoms. The maximum Gasteiger partial charge on any atom is 0.235 e. The van der Waals surface area contributed by atoms with Gasteiger partial charge in [0.15, 0.2) is 9.84 Å². The van der Waals surface area contributed by atoms with Crippen LogP contribution in [0.25, 0.3) is 0 Å². The average molecular weight is 180 g/mol. The quantitative estimate of drug-likeness (QED) is 0.529. The van der Waals surface area contributed by atoms with Gasteiger partial charge in [0.1, 0.15) is 5.75 Å². The Morgan fingerprint density at radius 1 is 1.55 bits per heavy atom. The van der Waals surface area contributed by atoms with Crippen LogP contribution >= 0.6 is 0 Å². The first-order valence-electron chi connectivity index (χ1n) is 3.10. The van der Waals surface area contributed by atoms with Gasteiger partial charge in [0, 0.05) is 19.3 Å². The van der Waals surface area contributed by atoms with E-state index in [4.69, 9.17) is 5.73 Å². The molecule has 6 heteroatoms. The lowest BCUT2D eigenvalue weighted by Gasteiger charge is -2.00. The third-order valence-electron chi connectivity index (χ3n) is 0.860. The van der Waals surface area contributed by atoms with E-state index in [1.54, 1.807) is 0 Å². The molecule has 5 nitrogen and oxygen atoms in total. The topological polar surface area (TPSA) is 89.3 Å². The summed E-state index contributed by atoms with van der Waals surface area (Å²) in [6, 6.07) is 0. The van der Waals surface area contributed by atoms with E-state index in [0.717, 1.165) is 6.26 Å². The molecule has 0 heterocycles. The molecular weight excluding hydrogens is 168 g/mol. The number of rotatable bonds is 4. The van der Waals surface area contributed by atoms with Crippen LogP contribution in [-0.4, -0.2) is 39.4 Å². The Hall–Kier alpha value is -0.620. The molecule has 0 radical (unpaired) electrons. The van der Waals surface area contributed by atoms with Gasteiger partial charge in [-0.1, -0.05) is 0 Å². The van der Waals surface area contributed by atoms with E-state index in [9.17, 15) is 13.2 Å². The largest absolute Gasteiger partial charge is 0.354 e. The Kier molecular flexibility index (Phi) is 4.06. The summed E-state index contributed by atoms with van der Waals surface area (Å²) in [4.78, 5) is 10.7. The van der Waals surface area contributed by atoms with Crippen LogP contribution in [-0.2, 0) is 14.6 Å². The molecule has 1 amide bonds. The summed E-state index contributed by atoms with van der Waals surface area (Å²) in [7, 11) is -3.21. The lowest BCUT2D eigenvalue weighted by molar-refractivity contribution is -0.118. The van der Waals surface area contributed by atoms with Crippen molar-refractivity contribution in [1.29, 1.82) is 0 Å². The number of hydrogen-bond donors (Lipinski definition) is 2. The highest BCUT2D eigenvalue weighted by Crippen LogP contribution is 1.80. The van der Waals surface area contributed by atoms with Crippen molar-refractivity contribution in [2.24, 2.45) is 5.73 Å². The molecule has 66 valence electrons. The van der Waals surface area contributed by atoms with E-state index in [2.05, 4.69) is 5.32 Å². The molecule has 3 N–H and O–H groups in total. The molecule has 0 fully saturated rings. The third kappa shape index (κ3) is 7.27. The van der Waals surface area contributed by atoms with Crippen LogP contribution in [0.2, 0.25) is 0 Å². The summed E-state index contributed by atoms with van der Waals surface area (Å²) in [5, 5.41) is 2.35. The zero-order valence-electron chi connectivity index (χ0n) is 6.33. The second kappa shape index (κ2) is 4.30. The van der Waals surface area contributed by atoms with Gasteiger partial charge in [-0.3, -0.25) is 4.79 Å². The van der Waals surface area contributed by atoms with E-state index >= 15 is 0 Å². The van der Waals surface area contributed by atoms with Gasteiger partial charge in [-0.2, -0.15) is 0 Å². The van der Waals surface area contributed by atoms with Gasteiger partial charge < -0.3 is 11.1 Å². The number of nitrogens with one attached hydrogen (secondary N) is 1. The maximum absolute atomic E-state index is 10.7. The van der Waals surface area contributed by atoms with E-state index in [0.29, 0.717) is 13.1 Å². The highest BCUT2D eigenvalue weighted by atomic mass is 32.2. The van der Waals surface area contributed by atoms with E-state index in [1.165, 1.54) is 0 Å². The van der Waals surface area contributed by atoms with Crippen LogP contribution in [0, 0.1) is 0 Å². The second-order valence-corrected chi connectivity index (χ2v) is 4.35. The van der Waals surface area contributed by atoms with E-state index in [1.807, 2.05) is 0 Å². The lowest BCUT2D eigenvalue weighted by atomic mass is 10.6. The minimum Gasteiger partial charge on any atom is -0.354 e. The number of sulfone groups is 1. The van der Waals surface area contributed by atoms with Crippen LogP contribution in [0.5, 0.6) is 0 Å². The second-order valence-electron chi connectivity index (χ2n) is 2.21. The van der Waals surface area contributed by atoms with Crippen LogP contribution in [0.15, 0.2) is 0 Å². The van der Waals surface area contributed by atoms with Crippen molar-refractivity contribution in [3.63, 3.8) is 0 Å². The molecule has 0 bridgehead atoms. The first kappa shape index (κ1) is 10.4. The minimum absolute atomic E-state index is 0.314. The van der Waals surface area contributed by atoms with Gasteiger partial charge in [-0.15, -0.1) is 0 Å². The predicted molar refractivity (Wildman–Crippen MR) is 41.8 cm³/mol. The Labute approximate surface area is 65.9 Å². The Morgan fingerprint density at radius 3 is 2.45 bits per heavy atom. The third-order valence-corrected chi connectivity index (χ3v) is 1.65. The Balaban J connectivity index is 3.71. The Morgan fingerprint density at radius 2 is 2.09 bits per heavy atom. The van der Waals surface area contributed by atoms with Gasteiger partial charge in [0.2, 0.25) is 5.91 Å². The molecule has 0 aromatic rings. The van der Waals surface area contributed by atoms with Gasteiger partial charge in [-0.05, 0) is 0 Å². The number of nitrogens with two attached hydrogens (primary N) is 1. The maximum atomic E-state index is 10.7. The number of amides is 1. The summed E-state index contributed by atoms with van der Waals surface area (Å²) in [5.41, 5.74) is 5.08. The Bertz CT molecular complexity index is 222. The summed E-state index contributed by atoms with van der Waals surface area (Å²) < 4.78 is 21.0. The van der Waals surface area contributed by atoms with Crippen molar-refractivity contribution in [1.82, 2.24) is 5.32 Å².